The fourth-order valence-electron chi connectivity index (χ4n) is 2.41. The number of hydrogen-bond donors (Lipinski definition) is 1. The molecule has 2 rings (SSSR count). The quantitative estimate of drug-likeness (QED) is 0.828. The zero-order chi connectivity index (χ0) is 15.1. The Bertz CT molecular complexity index is 554. The number of ether oxygens (including phenoxy) is 1. The molecule has 2 unspecified atom stereocenters. The molecule has 2 atom stereocenters. The predicted octanol–water partition coefficient (Wildman–Crippen LogP) is 3.12. The number of benzene rings is 2. The summed E-state index contributed by atoms with van der Waals surface area (Å²) in [4.78, 5) is 12.1. The topological polar surface area (TPSA) is 38.3 Å². The van der Waals surface area contributed by atoms with E-state index in [4.69, 9.17) is 4.74 Å². The summed E-state index contributed by atoms with van der Waals surface area (Å²) in [6.45, 7) is 2.74. The highest BCUT2D eigenvalue weighted by molar-refractivity contribution is 5.79. The lowest BCUT2D eigenvalue weighted by Gasteiger charge is -2.23. The minimum Gasteiger partial charge on any atom is -0.469 e. The molecule has 0 saturated heterocycles. The van der Waals surface area contributed by atoms with Crippen molar-refractivity contribution in [2.75, 3.05) is 7.11 Å². The van der Waals surface area contributed by atoms with Gasteiger partial charge >= 0.3 is 5.97 Å². The van der Waals surface area contributed by atoms with Gasteiger partial charge in [0.2, 0.25) is 0 Å². The number of rotatable bonds is 6. The van der Waals surface area contributed by atoms with Gasteiger partial charge in [-0.2, -0.15) is 0 Å². The summed E-state index contributed by atoms with van der Waals surface area (Å²) < 4.78 is 4.96. The lowest BCUT2D eigenvalue weighted by atomic mass is 9.92. The highest BCUT2D eigenvalue weighted by Crippen LogP contribution is 2.21. The van der Waals surface area contributed by atoms with Crippen molar-refractivity contribution in [1.29, 1.82) is 0 Å². The average molecular weight is 283 g/mol. The van der Waals surface area contributed by atoms with Gasteiger partial charge in [0.05, 0.1) is 13.0 Å². The maximum absolute atomic E-state index is 12.1. The van der Waals surface area contributed by atoms with Gasteiger partial charge < -0.3 is 10.1 Å². The Morgan fingerprint density at radius 3 is 2.19 bits per heavy atom. The van der Waals surface area contributed by atoms with Crippen molar-refractivity contribution in [3.05, 3.63) is 71.8 Å². The standard InChI is InChI=1S/C18H21NO2/c1-14(19-13-15-9-5-3-6-10-15)17(18(20)21-2)16-11-7-4-8-12-16/h3-12,14,17,19H,13H2,1-2H3. The Balaban J connectivity index is 2.08. The van der Waals surface area contributed by atoms with Gasteiger partial charge in [-0.3, -0.25) is 4.79 Å². The summed E-state index contributed by atoms with van der Waals surface area (Å²) in [5, 5.41) is 3.41. The molecular formula is C18H21NO2. The summed E-state index contributed by atoms with van der Waals surface area (Å²) in [5.41, 5.74) is 2.17. The van der Waals surface area contributed by atoms with Crippen LogP contribution < -0.4 is 5.32 Å². The summed E-state index contributed by atoms with van der Waals surface area (Å²) in [7, 11) is 1.43. The van der Waals surface area contributed by atoms with Crippen LogP contribution in [0.5, 0.6) is 0 Å². The van der Waals surface area contributed by atoms with Crippen LogP contribution in [0, 0.1) is 0 Å². The Hall–Kier alpha value is -2.13. The molecule has 3 nitrogen and oxygen atoms in total. The van der Waals surface area contributed by atoms with Crippen LogP contribution >= 0.6 is 0 Å². The molecule has 0 heterocycles. The van der Waals surface area contributed by atoms with Crippen molar-refractivity contribution >= 4 is 5.97 Å². The second-order valence-electron chi connectivity index (χ2n) is 5.07. The van der Waals surface area contributed by atoms with Crippen LogP contribution in [0.1, 0.15) is 24.0 Å². The largest absolute Gasteiger partial charge is 0.469 e. The van der Waals surface area contributed by atoms with Crippen molar-refractivity contribution < 1.29 is 9.53 Å². The molecule has 110 valence electrons. The second-order valence-corrected chi connectivity index (χ2v) is 5.07. The van der Waals surface area contributed by atoms with Crippen molar-refractivity contribution in [1.82, 2.24) is 5.32 Å². The molecule has 0 aliphatic heterocycles. The van der Waals surface area contributed by atoms with E-state index in [-0.39, 0.29) is 17.9 Å². The maximum Gasteiger partial charge on any atom is 0.314 e. The number of carbonyl (C=O) groups is 1. The fraction of sp³-hybridized carbons (Fsp3) is 0.278. The van der Waals surface area contributed by atoms with Gasteiger partial charge in [-0.05, 0) is 18.1 Å². The summed E-state index contributed by atoms with van der Waals surface area (Å²) in [6.07, 6.45) is 0. The minimum atomic E-state index is -0.306. The van der Waals surface area contributed by atoms with Crippen molar-refractivity contribution in [2.24, 2.45) is 0 Å². The van der Waals surface area contributed by atoms with E-state index in [0.29, 0.717) is 0 Å². The molecule has 21 heavy (non-hydrogen) atoms. The molecule has 1 N–H and O–H groups in total. The normalized spacial score (nSPS) is 13.4. The molecule has 0 spiro atoms. The van der Waals surface area contributed by atoms with Gasteiger partial charge in [-0.1, -0.05) is 60.7 Å². The first-order chi connectivity index (χ1) is 10.2. The molecule has 3 heteroatoms. The zero-order valence-electron chi connectivity index (χ0n) is 12.5. The molecule has 0 radical (unpaired) electrons. The SMILES string of the molecule is COC(=O)C(c1ccccc1)C(C)NCc1ccccc1. The number of esters is 1. The fourth-order valence-corrected chi connectivity index (χ4v) is 2.41. The molecule has 0 saturated carbocycles. The van der Waals surface area contributed by atoms with Crippen molar-refractivity contribution in [3.8, 4) is 0 Å². The van der Waals surface area contributed by atoms with Crippen molar-refractivity contribution in [2.45, 2.75) is 25.4 Å². The van der Waals surface area contributed by atoms with Gasteiger partial charge in [0.15, 0.2) is 0 Å². The van der Waals surface area contributed by atoms with Gasteiger partial charge in [0.1, 0.15) is 0 Å². The van der Waals surface area contributed by atoms with Crippen LogP contribution in [0.4, 0.5) is 0 Å². The lowest BCUT2D eigenvalue weighted by molar-refractivity contribution is -0.143. The van der Waals surface area contributed by atoms with Gasteiger partial charge in [-0.25, -0.2) is 0 Å². The first-order valence-electron chi connectivity index (χ1n) is 7.12. The third kappa shape index (κ3) is 4.17. The molecule has 0 fully saturated rings. The van der Waals surface area contributed by atoms with E-state index in [2.05, 4.69) is 17.4 Å². The van der Waals surface area contributed by atoms with E-state index >= 15 is 0 Å². The Morgan fingerprint density at radius 2 is 1.62 bits per heavy atom. The smallest absolute Gasteiger partial charge is 0.314 e. The Morgan fingerprint density at radius 1 is 1.05 bits per heavy atom. The lowest BCUT2D eigenvalue weighted by Crippen LogP contribution is -2.36. The molecule has 0 bridgehead atoms. The minimum absolute atomic E-state index is 0.0138. The molecule has 0 aliphatic carbocycles. The summed E-state index contributed by atoms with van der Waals surface area (Å²) in [6, 6.07) is 19.9. The monoisotopic (exact) mass is 283 g/mol. The van der Waals surface area contributed by atoms with Gasteiger partial charge in [-0.15, -0.1) is 0 Å². The number of nitrogens with one attached hydrogen (secondary N) is 1. The number of carbonyl (C=O) groups excluding carboxylic acids is 1. The van der Waals surface area contributed by atoms with E-state index in [9.17, 15) is 4.79 Å². The first-order valence-corrected chi connectivity index (χ1v) is 7.12. The van der Waals surface area contributed by atoms with E-state index in [1.54, 1.807) is 0 Å². The van der Waals surface area contributed by atoms with Crippen LogP contribution in [-0.4, -0.2) is 19.1 Å². The molecular weight excluding hydrogens is 262 g/mol. The predicted molar refractivity (Wildman–Crippen MR) is 83.9 cm³/mol. The van der Waals surface area contributed by atoms with Crippen LogP contribution in [-0.2, 0) is 16.1 Å². The zero-order valence-corrected chi connectivity index (χ0v) is 12.5. The average Bonchev–Trinajstić information content (AvgIpc) is 2.55. The molecule has 0 amide bonds. The van der Waals surface area contributed by atoms with Crippen LogP contribution in [0.25, 0.3) is 0 Å². The van der Waals surface area contributed by atoms with Crippen LogP contribution in [0.3, 0.4) is 0 Å². The molecule has 0 aromatic heterocycles. The summed E-state index contributed by atoms with van der Waals surface area (Å²) >= 11 is 0. The van der Waals surface area contributed by atoms with Gasteiger partial charge in [0.25, 0.3) is 0 Å². The molecule has 2 aromatic rings. The van der Waals surface area contributed by atoms with Gasteiger partial charge in [0, 0.05) is 12.6 Å². The molecule has 2 aromatic carbocycles. The maximum atomic E-state index is 12.1. The number of hydrogen-bond acceptors (Lipinski definition) is 3. The van der Waals surface area contributed by atoms with Crippen LogP contribution in [0.15, 0.2) is 60.7 Å². The van der Waals surface area contributed by atoms with Crippen molar-refractivity contribution in [3.63, 3.8) is 0 Å². The third-order valence-electron chi connectivity index (χ3n) is 3.58. The van der Waals surface area contributed by atoms with E-state index in [0.717, 1.165) is 12.1 Å². The molecule has 0 aliphatic rings. The third-order valence-corrected chi connectivity index (χ3v) is 3.58. The summed E-state index contributed by atoms with van der Waals surface area (Å²) in [5.74, 6) is -0.519. The first kappa shape index (κ1) is 15.3. The van der Waals surface area contributed by atoms with E-state index < -0.39 is 0 Å². The van der Waals surface area contributed by atoms with E-state index in [1.165, 1.54) is 12.7 Å². The number of methoxy groups -OCH3 is 1. The Kier molecular flexibility index (Phi) is 5.52. The van der Waals surface area contributed by atoms with E-state index in [1.807, 2.05) is 55.5 Å². The highest BCUT2D eigenvalue weighted by Gasteiger charge is 2.27. The highest BCUT2D eigenvalue weighted by atomic mass is 16.5. The second kappa shape index (κ2) is 7.60. The Labute approximate surface area is 126 Å². The van der Waals surface area contributed by atoms with Crippen LogP contribution in [0.2, 0.25) is 0 Å².